The summed E-state index contributed by atoms with van der Waals surface area (Å²) >= 11 is 1.41. The molecule has 26 heavy (non-hydrogen) atoms. The Morgan fingerprint density at radius 3 is 2.50 bits per heavy atom. The second-order valence-electron chi connectivity index (χ2n) is 7.07. The van der Waals surface area contributed by atoms with E-state index >= 15 is 0 Å². The van der Waals surface area contributed by atoms with Crippen molar-refractivity contribution in [3.63, 3.8) is 0 Å². The minimum atomic E-state index is -0.243. The number of nitrogens with one attached hydrogen (secondary N) is 1. The van der Waals surface area contributed by atoms with Crippen molar-refractivity contribution >= 4 is 17.7 Å². The second-order valence-corrected chi connectivity index (χ2v) is 8.38. The molecule has 6 nitrogen and oxygen atoms in total. The third-order valence-corrected chi connectivity index (χ3v) is 5.98. The summed E-state index contributed by atoms with van der Waals surface area (Å²) in [4.78, 5) is 12.6. The second kappa shape index (κ2) is 8.66. The molecule has 0 bridgehead atoms. The first-order valence-electron chi connectivity index (χ1n) is 9.38. The Morgan fingerprint density at radius 2 is 1.85 bits per heavy atom. The minimum absolute atomic E-state index is 0.0676. The molecular weight excluding hydrogens is 346 g/mol. The summed E-state index contributed by atoms with van der Waals surface area (Å²) in [5.74, 6) is 0.0676. The molecule has 1 aliphatic rings. The Balaban J connectivity index is 1.69. The quantitative estimate of drug-likeness (QED) is 0.640. The van der Waals surface area contributed by atoms with E-state index in [9.17, 15) is 4.79 Å². The van der Waals surface area contributed by atoms with Crippen molar-refractivity contribution in [1.82, 2.24) is 25.5 Å². The van der Waals surface area contributed by atoms with E-state index in [0.717, 1.165) is 29.7 Å². The molecule has 0 saturated heterocycles. The number of nitrogens with zero attached hydrogens (tertiary/aromatic N) is 4. The highest BCUT2D eigenvalue weighted by Crippen LogP contribution is 2.26. The van der Waals surface area contributed by atoms with Gasteiger partial charge in [0.25, 0.3) is 0 Å². The van der Waals surface area contributed by atoms with Crippen LogP contribution in [-0.4, -0.2) is 37.4 Å². The maximum Gasteiger partial charge on any atom is 0.233 e. The molecule has 0 spiro atoms. The zero-order chi connectivity index (χ0) is 18.5. The first kappa shape index (κ1) is 18.9. The van der Waals surface area contributed by atoms with Crippen LogP contribution in [0.1, 0.15) is 56.6 Å². The number of carbonyl (C=O) groups excluding carboxylic acids is 1. The predicted octanol–water partition coefficient (Wildman–Crippen LogP) is 3.60. The predicted molar refractivity (Wildman–Crippen MR) is 104 cm³/mol. The number of hydrogen-bond acceptors (Lipinski definition) is 5. The van der Waals surface area contributed by atoms with Crippen LogP contribution in [0.3, 0.4) is 0 Å². The van der Waals surface area contributed by atoms with Gasteiger partial charge in [0.05, 0.1) is 10.9 Å². The van der Waals surface area contributed by atoms with Gasteiger partial charge in [-0.3, -0.25) is 4.79 Å². The normalized spacial score (nSPS) is 16.9. The van der Waals surface area contributed by atoms with Crippen molar-refractivity contribution in [2.24, 2.45) is 0 Å². The van der Waals surface area contributed by atoms with Gasteiger partial charge < -0.3 is 5.32 Å². The largest absolute Gasteiger partial charge is 0.352 e. The fourth-order valence-electron chi connectivity index (χ4n) is 3.49. The van der Waals surface area contributed by atoms with E-state index in [1.54, 1.807) is 4.68 Å². The van der Waals surface area contributed by atoms with Crippen LogP contribution >= 0.6 is 11.8 Å². The van der Waals surface area contributed by atoms with Crippen LogP contribution in [0.15, 0.2) is 23.4 Å². The van der Waals surface area contributed by atoms with Gasteiger partial charge in [0.1, 0.15) is 0 Å². The van der Waals surface area contributed by atoms with E-state index in [1.807, 2.05) is 39.0 Å². The molecular formula is C19H27N5OS. The van der Waals surface area contributed by atoms with Crippen LogP contribution in [0, 0.1) is 13.8 Å². The van der Waals surface area contributed by atoms with Gasteiger partial charge in [-0.25, -0.2) is 0 Å². The lowest BCUT2D eigenvalue weighted by Crippen LogP contribution is -2.39. The SMILES string of the molecule is Cc1cccc(C)c1-n1nnnc1SC(C)C(=O)NC1CCCCCC1. The molecule has 1 aromatic heterocycles. The molecule has 1 unspecified atom stereocenters. The van der Waals surface area contributed by atoms with E-state index in [2.05, 4.69) is 20.8 Å². The summed E-state index contributed by atoms with van der Waals surface area (Å²) in [5.41, 5.74) is 3.20. The maximum atomic E-state index is 12.6. The molecule has 1 heterocycles. The van der Waals surface area contributed by atoms with Gasteiger partial charge in [0, 0.05) is 6.04 Å². The minimum Gasteiger partial charge on any atom is -0.352 e. The molecule has 140 valence electrons. The number of aryl methyl sites for hydroxylation is 2. The smallest absolute Gasteiger partial charge is 0.233 e. The van der Waals surface area contributed by atoms with Crippen LogP contribution in [0.25, 0.3) is 5.69 Å². The highest BCUT2D eigenvalue weighted by atomic mass is 32.2. The Bertz CT molecular complexity index is 732. The van der Waals surface area contributed by atoms with Crippen molar-refractivity contribution in [3.8, 4) is 5.69 Å². The average Bonchev–Trinajstić information content (AvgIpc) is 2.89. The lowest BCUT2D eigenvalue weighted by atomic mass is 10.1. The summed E-state index contributed by atoms with van der Waals surface area (Å²) in [6.07, 6.45) is 7.14. The molecule has 1 aromatic carbocycles. The first-order chi connectivity index (χ1) is 12.6. The van der Waals surface area contributed by atoms with Crippen molar-refractivity contribution in [3.05, 3.63) is 29.3 Å². The number of hydrogen-bond donors (Lipinski definition) is 1. The lowest BCUT2D eigenvalue weighted by Gasteiger charge is -2.19. The number of aromatic nitrogens is 4. The van der Waals surface area contributed by atoms with Gasteiger partial charge in [-0.15, -0.1) is 5.10 Å². The zero-order valence-electron chi connectivity index (χ0n) is 15.7. The third kappa shape index (κ3) is 4.44. The Labute approximate surface area is 159 Å². The van der Waals surface area contributed by atoms with Gasteiger partial charge in [0.15, 0.2) is 0 Å². The van der Waals surface area contributed by atoms with Gasteiger partial charge in [-0.2, -0.15) is 4.68 Å². The molecule has 0 radical (unpaired) electrons. The standard InChI is InChI=1S/C19H27N5OS/c1-13-9-8-10-14(2)17(13)24-19(21-22-23-24)26-15(3)18(25)20-16-11-6-4-5-7-12-16/h8-10,15-16H,4-7,11-12H2,1-3H3,(H,20,25). The molecule has 2 aromatic rings. The van der Waals surface area contributed by atoms with Crippen molar-refractivity contribution < 1.29 is 4.79 Å². The van der Waals surface area contributed by atoms with Crippen LogP contribution in [-0.2, 0) is 4.79 Å². The molecule has 1 atom stereocenters. The lowest BCUT2D eigenvalue weighted by molar-refractivity contribution is -0.121. The highest BCUT2D eigenvalue weighted by molar-refractivity contribution is 8.00. The van der Waals surface area contributed by atoms with Crippen LogP contribution in [0.5, 0.6) is 0 Å². The number of amides is 1. The van der Waals surface area contributed by atoms with Gasteiger partial charge in [-0.1, -0.05) is 55.6 Å². The molecule has 1 aliphatic carbocycles. The highest BCUT2D eigenvalue weighted by Gasteiger charge is 2.23. The van der Waals surface area contributed by atoms with Gasteiger partial charge in [-0.05, 0) is 55.2 Å². The van der Waals surface area contributed by atoms with Gasteiger partial charge >= 0.3 is 0 Å². The molecule has 0 aliphatic heterocycles. The van der Waals surface area contributed by atoms with Crippen LogP contribution in [0.4, 0.5) is 0 Å². The molecule has 1 fully saturated rings. The maximum absolute atomic E-state index is 12.6. The Hall–Kier alpha value is -1.89. The topological polar surface area (TPSA) is 72.7 Å². The summed E-state index contributed by atoms with van der Waals surface area (Å²) in [5, 5.41) is 15.7. The van der Waals surface area contributed by atoms with E-state index in [0.29, 0.717) is 11.2 Å². The Kier molecular flexibility index (Phi) is 6.29. The summed E-state index contributed by atoms with van der Waals surface area (Å²) in [6, 6.07) is 6.41. The number of para-hydroxylation sites is 1. The van der Waals surface area contributed by atoms with Gasteiger partial charge in [0.2, 0.25) is 11.1 Å². The fraction of sp³-hybridized carbons (Fsp3) is 0.579. The van der Waals surface area contributed by atoms with E-state index in [4.69, 9.17) is 0 Å². The fourth-order valence-corrected chi connectivity index (χ4v) is 4.29. The number of rotatable bonds is 5. The van der Waals surface area contributed by atoms with E-state index in [-0.39, 0.29) is 11.2 Å². The zero-order valence-corrected chi connectivity index (χ0v) is 16.6. The molecule has 1 saturated carbocycles. The summed E-state index contributed by atoms with van der Waals surface area (Å²) < 4.78 is 1.74. The molecule has 7 heteroatoms. The van der Waals surface area contributed by atoms with E-state index < -0.39 is 0 Å². The molecule has 1 N–H and O–H groups in total. The number of benzene rings is 1. The number of carbonyl (C=O) groups is 1. The van der Waals surface area contributed by atoms with Crippen LogP contribution < -0.4 is 5.32 Å². The molecule has 3 rings (SSSR count). The monoisotopic (exact) mass is 373 g/mol. The molecule has 1 amide bonds. The van der Waals surface area contributed by atoms with Crippen molar-refractivity contribution in [2.45, 2.75) is 75.7 Å². The summed E-state index contributed by atoms with van der Waals surface area (Å²) in [6.45, 7) is 6.00. The van der Waals surface area contributed by atoms with Crippen molar-refractivity contribution in [1.29, 1.82) is 0 Å². The third-order valence-electron chi connectivity index (χ3n) is 4.95. The van der Waals surface area contributed by atoms with Crippen molar-refractivity contribution in [2.75, 3.05) is 0 Å². The average molecular weight is 374 g/mol. The summed E-state index contributed by atoms with van der Waals surface area (Å²) in [7, 11) is 0. The van der Waals surface area contributed by atoms with Crippen LogP contribution in [0.2, 0.25) is 0 Å². The first-order valence-corrected chi connectivity index (χ1v) is 10.3. The Morgan fingerprint density at radius 1 is 1.19 bits per heavy atom. The van der Waals surface area contributed by atoms with E-state index in [1.165, 1.54) is 37.4 Å². The number of thioether (sulfide) groups is 1. The number of tetrazole rings is 1.